The summed E-state index contributed by atoms with van der Waals surface area (Å²) in [7, 11) is 0. The summed E-state index contributed by atoms with van der Waals surface area (Å²) < 4.78 is 5.54. The Morgan fingerprint density at radius 1 is 1.25 bits per heavy atom. The molecular formula is C12H11ClN2O. The molecule has 0 unspecified atom stereocenters. The lowest BCUT2D eigenvalue weighted by Gasteiger charge is -2.05. The quantitative estimate of drug-likeness (QED) is 0.765. The van der Waals surface area contributed by atoms with Crippen LogP contribution in [0.5, 0.6) is 11.6 Å². The molecule has 2 rings (SSSR count). The normalized spacial score (nSPS) is 10.1. The van der Waals surface area contributed by atoms with Gasteiger partial charge in [-0.2, -0.15) is 0 Å². The summed E-state index contributed by atoms with van der Waals surface area (Å²) in [6, 6.07) is 9.25. The van der Waals surface area contributed by atoms with Crippen LogP contribution in [0, 0.1) is 6.92 Å². The smallest absolute Gasteiger partial charge is 0.219 e. The second-order valence-corrected chi connectivity index (χ2v) is 3.61. The lowest BCUT2D eigenvalue weighted by atomic mass is 10.3. The zero-order chi connectivity index (χ0) is 11.4. The summed E-state index contributed by atoms with van der Waals surface area (Å²) in [6.45, 7) is 1.93. The molecule has 2 aromatic rings. The van der Waals surface area contributed by atoms with Crippen molar-refractivity contribution in [1.82, 2.24) is 9.97 Å². The number of rotatable bonds is 3. The molecule has 2 heterocycles. The van der Waals surface area contributed by atoms with E-state index < -0.39 is 0 Å². The lowest BCUT2D eigenvalue weighted by Crippen LogP contribution is -1.91. The van der Waals surface area contributed by atoms with E-state index in [0.29, 0.717) is 17.5 Å². The number of halogens is 1. The number of ether oxygens (including phenoxy) is 1. The fourth-order valence-corrected chi connectivity index (χ4v) is 1.37. The molecule has 0 bridgehead atoms. The Morgan fingerprint density at radius 3 is 2.81 bits per heavy atom. The molecule has 2 aromatic heterocycles. The number of aromatic nitrogens is 2. The first kappa shape index (κ1) is 10.9. The van der Waals surface area contributed by atoms with E-state index in [1.165, 1.54) is 0 Å². The van der Waals surface area contributed by atoms with Crippen LogP contribution in [0.1, 0.15) is 11.4 Å². The Hall–Kier alpha value is -1.61. The van der Waals surface area contributed by atoms with Gasteiger partial charge >= 0.3 is 0 Å². The predicted molar refractivity (Wildman–Crippen MR) is 62.8 cm³/mol. The fourth-order valence-electron chi connectivity index (χ4n) is 1.22. The highest BCUT2D eigenvalue weighted by atomic mass is 35.5. The Kier molecular flexibility index (Phi) is 3.37. The van der Waals surface area contributed by atoms with Gasteiger partial charge in [0.2, 0.25) is 5.88 Å². The van der Waals surface area contributed by atoms with E-state index in [1.807, 2.05) is 31.2 Å². The van der Waals surface area contributed by atoms with Gasteiger partial charge in [0.15, 0.2) is 0 Å². The van der Waals surface area contributed by atoms with Crippen molar-refractivity contribution in [2.45, 2.75) is 12.8 Å². The van der Waals surface area contributed by atoms with E-state index in [2.05, 4.69) is 9.97 Å². The number of aryl methyl sites for hydroxylation is 1. The van der Waals surface area contributed by atoms with Crippen molar-refractivity contribution in [1.29, 1.82) is 0 Å². The molecule has 16 heavy (non-hydrogen) atoms. The van der Waals surface area contributed by atoms with Crippen LogP contribution < -0.4 is 4.74 Å². The van der Waals surface area contributed by atoms with Crippen LogP contribution in [0.3, 0.4) is 0 Å². The molecule has 82 valence electrons. The highest BCUT2D eigenvalue weighted by Gasteiger charge is 2.00. The minimum atomic E-state index is 0.378. The minimum Gasteiger partial charge on any atom is -0.437 e. The molecule has 0 radical (unpaired) electrons. The van der Waals surface area contributed by atoms with Crippen molar-refractivity contribution >= 4 is 11.6 Å². The van der Waals surface area contributed by atoms with Gasteiger partial charge in [0, 0.05) is 11.8 Å². The first-order chi connectivity index (χ1) is 7.78. The third-order valence-corrected chi connectivity index (χ3v) is 2.30. The van der Waals surface area contributed by atoms with Gasteiger partial charge in [-0.15, -0.1) is 11.6 Å². The Bertz CT molecular complexity index is 471. The van der Waals surface area contributed by atoms with Crippen LogP contribution in [-0.4, -0.2) is 9.97 Å². The molecule has 0 aliphatic rings. The zero-order valence-electron chi connectivity index (χ0n) is 8.85. The Balaban J connectivity index is 2.16. The zero-order valence-corrected chi connectivity index (χ0v) is 9.61. The monoisotopic (exact) mass is 234 g/mol. The van der Waals surface area contributed by atoms with Crippen LogP contribution in [0.2, 0.25) is 0 Å². The number of pyridine rings is 2. The maximum Gasteiger partial charge on any atom is 0.219 e. The molecule has 0 saturated heterocycles. The van der Waals surface area contributed by atoms with E-state index in [1.54, 1.807) is 12.3 Å². The van der Waals surface area contributed by atoms with Crippen molar-refractivity contribution < 1.29 is 4.74 Å². The van der Waals surface area contributed by atoms with Gasteiger partial charge in [-0.1, -0.05) is 6.07 Å². The van der Waals surface area contributed by atoms with Crippen LogP contribution in [0.25, 0.3) is 0 Å². The summed E-state index contributed by atoms with van der Waals surface area (Å²) >= 11 is 5.69. The molecular weight excluding hydrogens is 224 g/mol. The third kappa shape index (κ3) is 2.70. The van der Waals surface area contributed by atoms with E-state index in [-0.39, 0.29) is 0 Å². The largest absolute Gasteiger partial charge is 0.437 e. The van der Waals surface area contributed by atoms with Gasteiger partial charge in [-0.05, 0) is 25.1 Å². The average molecular weight is 235 g/mol. The standard InChI is InChI=1S/C12H11ClN2O/c1-9-5-6-11(8-14-9)16-12-4-2-3-10(7-13)15-12/h2-6,8H,7H2,1H3. The second-order valence-electron chi connectivity index (χ2n) is 3.34. The SMILES string of the molecule is Cc1ccc(Oc2cccc(CCl)n2)cn1. The highest BCUT2D eigenvalue weighted by Crippen LogP contribution is 2.18. The van der Waals surface area contributed by atoms with Gasteiger partial charge in [-0.25, -0.2) is 4.98 Å². The molecule has 0 N–H and O–H groups in total. The molecule has 0 saturated carbocycles. The number of alkyl halides is 1. The van der Waals surface area contributed by atoms with Gasteiger partial charge in [0.05, 0.1) is 17.8 Å². The van der Waals surface area contributed by atoms with E-state index in [0.717, 1.165) is 11.4 Å². The van der Waals surface area contributed by atoms with Crippen molar-refractivity contribution in [3.63, 3.8) is 0 Å². The molecule has 4 heteroatoms. The van der Waals surface area contributed by atoms with E-state index >= 15 is 0 Å². The van der Waals surface area contributed by atoms with Gasteiger partial charge < -0.3 is 4.74 Å². The summed E-state index contributed by atoms with van der Waals surface area (Å²) in [4.78, 5) is 8.37. The first-order valence-electron chi connectivity index (χ1n) is 4.90. The first-order valence-corrected chi connectivity index (χ1v) is 5.44. The predicted octanol–water partition coefficient (Wildman–Crippen LogP) is 3.32. The van der Waals surface area contributed by atoms with Gasteiger partial charge in [-0.3, -0.25) is 4.98 Å². The topological polar surface area (TPSA) is 35.0 Å². The van der Waals surface area contributed by atoms with Crippen molar-refractivity contribution in [2.24, 2.45) is 0 Å². The summed E-state index contributed by atoms with van der Waals surface area (Å²) in [5.74, 6) is 1.58. The second kappa shape index (κ2) is 4.94. The summed E-state index contributed by atoms with van der Waals surface area (Å²) in [6.07, 6.45) is 1.67. The number of hydrogen-bond acceptors (Lipinski definition) is 3. The van der Waals surface area contributed by atoms with E-state index in [9.17, 15) is 0 Å². The maximum atomic E-state index is 5.69. The van der Waals surface area contributed by atoms with Crippen LogP contribution in [0.4, 0.5) is 0 Å². The Morgan fingerprint density at radius 2 is 2.12 bits per heavy atom. The van der Waals surface area contributed by atoms with Crippen molar-refractivity contribution in [3.8, 4) is 11.6 Å². The number of nitrogens with zero attached hydrogens (tertiary/aromatic N) is 2. The molecule has 3 nitrogen and oxygen atoms in total. The fraction of sp³-hybridized carbons (Fsp3) is 0.167. The molecule has 0 aromatic carbocycles. The van der Waals surface area contributed by atoms with Crippen LogP contribution in [0.15, 0.2) is 36.5 Å². The van der Waals surface area contributed by atoms with Crippen molar-refractivity contribution in [3.05, 3.63) is 47.9 Å². The maximum absolute atomic E-state index is 5.69. The third-order valence-electron chi connectivity index (χ3n) is 2.02. The molecule has 0 aliphatic carbocycles. The molecule has 0 fully saturated rings. The number of hydrogen-bond donors (Lipinski definition) is 0. The van der Waals surface area contributed by atoms with E-state index in [4.69, 9.17) is 16.3 Å². The average Bonchev–Trinajstić information content (AvgIpc) is 2.32. The molecule has 0 amide bonds. The van der Waals surface area contributed by atoms with Crippen LogP contribution >= 0.6 is 11.6 Å². The summed E-state index contributed by atoms with van der Waals surface area (Å²) in [5.41, 5.74) is 1.74. The molecule has 0 aliphatic heterocycles. The van der Waals surface area contributed by atoms with Crippen LogP contribution in [-0.2, 0) is 5.88 Å². The highest BCUT2D eigenvalue weighted by molar-refractivity contribution is 6.16. The van der Waals surface area contributed by atoms with Gasteiger partial charge in [0.25, 0.3) is 0 Å². The molecule has 0 atom stereocenters. The molecule has 0 spiro atoms. The minimum absolute atomic E-state index is 0.378. The lowest BCUT2D eigenvalue weighted by molar-refractivity contribution is 0.459. The van der Waals surface area contributed by atoms with Gasteiger partial charge in [0.1, 0.15) is 5.75 Å². The van der Waals surface area contributed by atoms with Crippen molar-refractivity contribution in [2.75, 3.05) is 0 Å². The summed E-state index contributed by atoms with van der Waals surface area (Å²) in [5, 5.41) is 0. The Labute approximate surface area is 99.1 Å².